The summed E-state index contributed by atoms with van der Waals surface area (Å²) >= 11 is 2.92. The molecule has 0 spiro atoms. The normalized spacial score (nSPS) is 12.0. The third-order valence-corrected chi connectivity index (χ3v) is 4.58. The molecule has 1 rings (SSSR count). The number of carboxylic acid groups (broad SMARTS) is 1. The number of aromatic carboxylic acids is 1. The van der Waals surface area contributed by atoms with Crippen molar-refractivity contribution in [3.05, 3.63) is 16.0 Å². The summed E-state index contributed by atoms with van der Waals surface area (Å²) in [4.78, 5) is 23.9. The number of urea groups is 1. The highest BCUT2D eigenvalue weighted by atomic mass is 32.2. The number of nitrogens with one attached hydrogen (secondary N) is 2. The van der Waals surface area contributed by atoms with E-state index in [-0.39, 0.29) is 17.6 Å². The van der Waals surface area contributed by atoms with E-state index in [1.54, 1.807) is 18.7 Å². The molecule has 0 saturated heterocycles. The van der Waals surface area contributed by atoms with Gasteiger partial charge in [0.1, 0.15) is 5.00 Å². The van der Waals surface area contributed by atoms with Crippen molar-refractivity contribution >= 4 is 40.1 Å². The topological polar surface area (TPSA) is 78.4 Å². The molecular weight excluding hydrogens is 284 g/mol. The van der Waals surface area contributed by atoms with Crippen molar-refractivity contribution in [2.45, 2.75) is 26.8 Å². The van der Waals surface area contributed by atoms with E-state index in [1.165, 1.54) is 11.3 Å². The van der Waals surface area contributed by atoms with E-state index >= 15 is 0 Å². The van der Waals surface area contributed by atoms with Crippen LogP contribution < -0.4 is 10.6 Å². The molecule has 0 aliphatic heterocycles. The van der Waals surface area contributed by atoms with E-state index in [0.717, 1.165) is 10.6 Å². The number of thiophene rings is 1. The molecule has 3 N–H and O–H groups in total. The summed E-state index contributed by atoms with van der Waals surface area (Å²) in [5.41, 5.74) is 0.875. The Hall–Kier alpha value is -1.21. The van der Waals surface area contributed by atoms with Crippen LogP contribution in [0.3, 0.4) is 0 Å². The summed E-state index contributed by atoms with van der Waals surface area (Å²) in [6.07, 6.45) is 1.96. The lowest BCUT2D eigenvalue weighted by Crippen LogP contribution is -2.37. The maximum Gasteiger partial charge on any atom is 0.338 e. The molecule has 0 bridgehead atoms. The molecule has 0 fully saturated rings. The summed E-state index contributed by atoms with van der Waals surface area (Å²) in [5.74, 6) is -0.212. The monoisotopic (exact) mass is 302 g/mol. The van der Waals surface area contributed by atoms with Crippen molar-refractivity contribution in [1.29, 1.82) is 0 Å². The third-order valence-electron chi connectivity index (χ3n) is 2.62. The Balaban J connectivity index is 2.80. The highest BCUT2D eigenvalue weighted by molar-refractivity contribution is 7.98. The average molecular weight is 302 g/mol. The minimum Gasteiger partial charge on any atom is -0.478 e. The number of thioether (sulfide) groups is 1. The first kappa shape index (κ1) is 15.8. The largest absolute Gasteiger partial charge is 0.478 e. The van der Waals surface area contributed by atoms with Gasteiger partial charge in [-0.05, 0) is 32.6 Å². The molecule has 1 atom stereocenters. The van der Waals surface area contributed by atoms with E-state index in [4.69, 9.17) is 0 Å². The van der Waals surface area contributed by atoms with Gasteiger partial charge in [0.05, 0.1) is 5.56 Å². The maximum atomic E-state index is 11.8. The Labute approximate surface area is 120 Å². The third kappa shape index (κ3) is 4.14. The predicted octanol–water partition coefficient (Wildman–Crippen LogP) is 2.94. The average Bonchev–Trinajstić information content (AvgIpc) is 2.54. The lowest BCUT2D eigenvalue weighted by molar-refractivity contribution is 0.0697. The highest BCUT2D eigenvalue weighted by Gasteiger charge is 2.20. The predicted molar refractivity (Wildman–Crippen MR) is 80.8 cm³/mol. The molecule has 106 valence electrons. The second-order valence-corrected chi connectivity index (χ2v) is 6.38. The van der Waals surface area contributed by atoms with Crippen LogP contribution in [0.1, 0.15) is 27.7 Å². The van der Waals surface area contributed by atoms with Crippen LogP contribution in [-0.4, -0.2) is 35.2 Å². The van der Waals surface area contributed by atoms with Crippen LogP contribution in [0.15, 0.2) is 0 Å². The fourth-order valence-corrected chi connectivity index (χ4v) is 3.26. The number of amides is 2. The van der Waals surface area contributed by atoms with Gasteiger partial charge in [-0.2, -0.15) is 11.8 Å². The van der Waals surface area contributed by atoms with Gasteiger partial charge in [0, 0.05) is 16.7 Å². The molecule has 1 heterocycles. The Morgan fingerprint density at radius 3 is 2.58 bits per heavy atom. The first-order valence-corrected chi connectivity index (χ1v) is 7.97. The summed E-state index contributed by atoms with van der Waals surface area (Å²) in [5, 5.41) is 14.9. The molecule has 0 aliphatic rings. The van der Waals surface area contributed by atoms with Crippen molar-refractivity contribution in [3.8, 4) is 0 Å². The molecule has 2 amide bonds. The molecule has 1 unspecified atom stereocenters. The number of carbonyl (C=O) groups is 2. The quantitative estimate of drug-likeness (QED) is 0.781. The Kier molecular flexibility index (Phi) is 5.68. The smallest absolute Gasteiger partial charge is 0.338 e. The van der Waals surface area contributed by atoms with E-state index in [9.17, 15) is 14.7 Å². The van der Waals surface area contributed by atoms with Gasteiger partial charge < -0.3 is 10.4 Å². The molecular formula is C12H18N2O3S2. The number of rotatable bonds is 5. The fourth-order valence-electron chi connectivity index (χ4n) is 1.63. The number of aryl methyl sites for hydroxylation is 1. The number of hydrogen-bond donors (Lipinski definition) is 3. The van der Waals surface area contributed by atoms with Gasteiger partial charge in [-0.1, -0.05) is 0 Å². The standard InChI is InChI=1S/C12H18N2O3S2/c1-6(5-18-4)13-12(17)14-10-9(11(15)16)7(2)8(3)19-10/h6H,5H2,1-4H3,(H,15,16)(H2,13,14,17). The van der Waals surface area contributed by atoms with Crippen LogP contribution in [0.5, 0.6) is 0 Å². The van der Waals surface area contributed by atoms with Crippen molar-refractivity contribution in [1.82, 2.24) is 5.32 Å². The molecule has 1 aromatic heterocycles. The fraction of sp³-hybridized carbons (Fsp3) is 0.500. The number of hydrogen-bond acceptors (Lipinski definition) is 4. The van der Waals surface area contributed by atoms with Crippen LogP contribution in [0.4, 0.5) is 9.80 Å². The van der Waals surface area contributed by atoms with Crippen molar-refractivity contribution < 1.29 is 14.7 Å². The molecule has 19 heavy (non-hydrogen) atoms. The van der Waals surface area contributed by atoms with Crippen LogP contribution in [0, 0.1) is 13.8 Å². The van der Waals surface area contributed by atoms with Gasteiger partial charge in [0.15, 0.2) is 0 Å². The maximum absolute atomic E-state index is 11.8. The lowest BCUT2D eigenvalue weighted by Gasteiger charge is -2.13. The zero-order valence-corrected chi connectivity index (χ0v) is 13.0. The Morgan fingerprint density at radius 2 is 2.05 bits per heavy atom. The summed E-state index contributed by atoms with van der Waals surface area (Å²) in [7, 11) is 0. The van der Waals surface area contributed by atoms with Gasteiger partial charge in [-0.3, -0.25) is 5.32 Å². The molecule has 7 heteroatoms. The zero-order chi connectivity index (χ0) is 14.6. The number of carboxylic acids is 1. The molecule has 0 saturated carbocycles. The van der Waals surface area contributed by atoms with Crippen LogP contribution >= 0.6 is 23.1 Å². The zero-order valence-electron chi connectivity index (χ0n) is 11.4. The first-order chi connectivity index (χ1) is 8.86. The highest BCUT2D eigenvalue weighted by Crippen LogP contribution is 2.32. The minimum atomic E-state index is -1.02. The second kappa shape index (κ2) is 6.81. The van der Waals surface area contributed by atoms with Crippen molar-refractivity contribution in [3.63, 3.8) is 0 Å². The second-order valence-electron chi connectivity index (χ2n) is 4.25. The summed E-state index contributed by atoms with van der Waals surface area (Å²) in [6, 6.07) is -0.337. The van der Waals surface area contributed by atoms with Gasteiger partial charge in [-0.15, -0.1) is 11.3 Å². The van der Waals surface area contributed by atoms with Crippen molar-refractivity contribution in [2.75, 3.05) is 17.3 Å². The molecule has 5 nitrogen and oxygen atoms in total. The lowest BCUT2D eigenvalue weighted by atomic mass is 10.1. The van der Waals surface area contributed by atoms with Gasteiger partial charge in [0.25, 0.3) is 0 Å². The van der Waals surface area contributed by atoms with E-state index in [2.05, 4.69) is 10.6 Å². The van der Waals surface area contributed by atoms with E-state index in [1.807, 2.05) is 20.1 Å². The number of anilines is 1. The molecule has 0 aromatic carbocycles. The van der Waals surface area contributed by atoms with E-state index in [0.29, 0.717) is 10.6 Å². The number of carbonyl (C=O) groups excluding carboxylic acids is 1. The summed E-state index contributed by atoms with van der Waals surface area (Å²) in [6.45, 7) is 5.49. The first-order valence-electron chi connectivity index (χ1n) is 5.76. The Morgan fingerprint density at radius 1 is 1.42 bits per heavy atom. The van der Waals surface area contributed by atoms with Gasteiger partial charge >= 0.3 is 12.0 Å². The van der Waals surface area contributed by atoms with Gasteiger partial charge in [-0.25, -0.2) is 9.59 Å². The van der Waals surface area contributed by atoms with Gasteiger partial charge in [0.2, 0.25) is 0 Å². The summed E-state index contributed by atoms with van der Waals surface area (Å²) < 4.78 is 0. The van der Waals surface area contributed by atoms with Crippen LogP contribution in [0.2, 0.25) is 0 Å². The minimum absolute atomic E-state index is 0.0328. The molecule has 0 radical (unpaired) electrons. The van der Waals surface area contributed by atoms with Crippen molar-refractivity contribution in [2.24, 2.45) is 0 Å². The Bertz CT molecular complexity index is 486. The SMILES string of the molecule is CSCC(C)NC(=O)Nc1sc(C)c(C)c1C(=O)O. The molecule has 0 aliphatic carbocycles. The van der Waals surface area contributed by atoms with Crippen LogP contribution in [0.25, 0.3) is 0 Å². The molecule has 1 aromatic rings. The van der Waals surface area contributed by atoms with E-state index < -0.39 is 5.97 Å². The van der Waals surface area contributed by atoms with Crippen LogP contribution in [-0.2, 0) is 0 Å².